The van der Waals surface area contributed by atoms with Crippen LogP contribution in [-0.2, 0) is 0 Å². The first-order chi connectivity index (χ1) is 6.69. The van der Waals surface area contributed by atoms with Gasteiger partial charge >= 0.3 is 0 Å². The Labute approximate surface area is 83.3 Å². The van der Waals surface area contributed by atoms with E-state index in [4.69, 9.17) is 9.84 Å². The van der Waals surface area contributed by atoms with Crippen molar-refractivity contribution < 1.29 is 14.6 Å². The molecule has 0 aliphatic heterocycles. The molecule has 3 heteroatoms. The van der Waals surface area contributed by atoms with Gasteiger partial charge in [0.25, 0.3) is 0 Å². The van der Waals surface area contributed by atoms with Gasteiger partial charge in [-0.15, -0.1) is 0 Å². The average molecular weight is 194 g/mol. The summed E-state index contributed by atoms with van der Waals surface area (Å²) in [7, 11) is 0. The van der Waals surface area contributed by atoms with Gasteiger partial charge in [0, 0.05) is 5.56 Å². The molecule has 0 amide bonds. The van der Waals surface area contributed by atoms with Crippen LogP contribution in [0.25, 0.3) is 0 Å². The third-order valence-electron chi connectivity index (χ3n) is 1.94. The summed E-state index contributed by atoms with van der Waals surface area (Å²) in [6.45, 7) is 3.94. The number of hydrogen-bond donors (Lipinski definition) is 1. The predicted molar refractivity (Wildman–Crippen MR) is 53.8 cm³/mol. The van der Waals surface area contributed by atoms with E-state index in [2.05, 4.69) is 0 Å². The van der Waals surface area contributed by atoms with E-state index in [0.29, 0.717) is 12.2 Å². The lowest BCUT2D eigenvalue weighted by molar-refractivity contribution is 0.0903. The van der Waals surface area contributed by atoms with Gasteiger partial charge in [-0.3, -0.25) is 4.79 Å². The number of ketones is 1. The van der Waals surface area contributed by atoms with Crippen LogP contribution in [0.15, 0.2) is 18.2 Å². The Kier molecular flexibility index (Phi) is 3.65. The highest BCUT2D eigenvalue weighted by atomic mass is 16.5. The zero-order valence-electron chi connectivity index (χ0n) is 8.41. The van der Waals surface area contributed by atoms with Crippen LogP contribution >= 0.6 is 0 Å². The number of rotatable bonds is 4. The summed E-state index contributed by atoms with van der Waals surface area (Å²) in [6, 6.07) is 5.14. The average Bonchev–Trinajstić information content (AvgIpc) is 2.20. The van der Waals surface area contributed by atoms with Crippen molar-refractivity contribution in [2.45, 2.75) is 13.8 Å². The number of carbonyl (C=O) groups excluding carboxylic acids is 1. The van der Waals surface area contributed by atoms with E-state index < -0.39 is 6.61 Å². The second-order valence-corrected chi connectivity index (χ2v) is 2.99. The van der Waals surface area contributed by atoms with Crippen LogP contribution in [0.3, 0.4) is 0 Å². The summed E-state index contributed by atoms with van der Waals surface area (Å²) < 4.78 is 5.33. The Balaban J connectivity index is 2.94. The second kappa shape index (κ2) is 4.77. The second-order valence-electron chi connectivity index (χ2n) is 2.99. The molecular formula is C11H14O3. The molecule has 0 bridgehead atoms. The summed E-state index contributed by atoms with van der Waals surface area (Å²) in [5.41, 5.74) is 1.43. The van der Waals surface area contributed by atoms with Crippen molar-refractivity contribution in [3.8, 4) is 5.75 Å². The fourth-order valence-corrected chi connectivity index (χ4v) is 1.23. The Hall–Kier alpha value is -1.35. The molecule has 0 unspecified atom stereocenters. The molecule has 0 aliphatic carbocycles. The van der Waals surface area contributed by atoms with E-state index in [9.17, 15) is 4.79 Å². The highest BCUT2D eigenvalue weighted by Gasteiger charge is 2.06. The molecule has 0 heterocycles. The van der Waals surface area contributed by atoms with E-state index in [1.54, 1.807) is 18.2 Å². The molecule has 0 saturated carbocycles. The molecule has 0 aromatic heterocycles. The van der Waals surface area contributed by atoms with Gasteiger partial charge in [-0.05, 0) is 37.6 Å². The maximum absolute atomic E-state index is 11.1. The van der Waals surface area contributed by atoms with Crippen LogP contribution < -0.4 is 4.74 Å². The van der Waals surface area contributed by atoms with Crippen LogP contribution in [0.1, 0.15) is 22.8 Å². The summed E-state index contributed by atoms with van der Waals surface area (Å²) in [6.07, 6.45) is 0. The lowest BCUT2D eigenvalue weighted by Crippen LogP contribution is -2.05. The molecule has 0 atom stereocenters. The third kappa shape index (κ3) is 2.33. The van der Waals surface area contributed by atoms with Crippen molar-refractivity contribution in [2.75, 3.05) is 13.2 Å². The maximum atomic E-state index is 11.1. The van der Waals surface area contributed by atoms with Gasteiger partial charge < -0.3 is 9.84 Å². The number of aliphatic hydroxyl groups excluding tert-OH is 1. The van der Waals surface area contributed by atoms with Crippen LogP contribution in [-0.4, -0.2) is 24.1 Å². The first-order valence-electron chi connectivity index (χ1n) is 4.56. The minimum Gasteiger partial charge on any atom is -0.494 e. The summed E-state index contributed by atoms with van der Waals surface area (Å²) in [5.74, 6) is 0.512. The molecule has 1 N–H and O–H groups in total. The summed E-state index contributed by atoms with van der Waals surface area (Å²) in [4.78, 5) is 11.1. The van der Waals surface area contributed by atoms with Crippen LogP contribution in [0, 0.1) is 6.92 Å². The highest BCUT2D eigenvalue weighted by Crippen LogP contribution is 2.19. The smallest absolute Gasteiger partial charge is 0.188 e. The normalized spacial score (nSPS) is 9.93. The quantitative estimate of drug-likeness (QED) is 0.740. The molecular weight excluding hydrogens is 180 g/mol. The first-order valence-corrected chi connectivity index (χ1v) is 4.56. The molecule has 0 aliphatic rings. The summed E-state index contributed by atoms with van der Waals surface area (Å²) in [5, 5.41) is 8.67. The topological polar surface area (TPSA) is 46.5 Å². The fraction of sp³-hybridized carbons (Fsp3) is 0.364. The van der Waals surface area contributed by atoms with Gasteiger partial charge in [0.1, 0.15) is 12.4 Å². The van der Waals surface area contributed by atoms with Crippen molar-refractivity contribution in [2.24, 2.45) is 0 Å². The van der Waals surface area contributed by atoms with Crippen molar-refractivity contribution in [1.82, 2.24) is 0 Å². The zero-order valence-corrected chi connectivity index (χ0v) is 8.41. The van der Waals surface area contributed by atoms with Gasteiger partial charge in [-0.25, -0.2) is 0 Å². The largest absolute Gasteiger partial charge is 0.494 e. The van der Waals surface area contributed by atoms with E-state index in [0.717, 1.165) is 11.3 Å². The van der Waals surface area contributed by atoms with Crippen molar-refractivity contribution in [1.29, 1.82) is 0 Å². The molecule has 1 rings (SSSR count). The van der Waals surface area contributed by atoms with Crippen molar-refractivity contribution in [3.05, 3.63) is 29.3 Å². The van der Waals surface area contributed by atoms with Crippen LogP contribution in [0.5, 0.6) is 5.75 Å². The summed E-state index contributed by atoms with van der Waals surface area (Å²) >= 11 is 0. The number of carbonyl (C=O) groups is 1. The van der Waals surface area contributed by atoms with Gasteiger partial charge in [0.05, 0.1) is 6.61 Å². The molecule has 0 saturated heterocycles. The lowest BCUT2D eigenvalue weighted by atomic mass is 10.1. The van der Waals surface area contributed by atoms with E-state index >= 15 is 0 Å². The van der Waals surface area contributed by atoms with E-state index in [1.807, 2.05) is 13.8 Å². The number of aliphatic hydroxyl groups is 1. The standard InChI is InChI=1S/C11H14O3/c1-3-14-11-5-4-9(6-8(11)2)10(13)7-12/h4-6,12H,3,7H2,1-2H3. The molecule has 0 fully saturated rings. The van der Waals surface area contributed by atoms with Gasteiger partial charge in [0.2, 0.25) is 0 Å². The molecule has 76 valence electrons. The Bertz CT molecular complexity index is 331. The van der Waals surface area contributed by atoms with E-state index in [1.165, 1.54) is 0 Å². The minimum atomic E-state index is -0.451. The zero-order chi connectivity index (χ0) is 10.6. The van der Waals surface area contributed by atoms with Crippen molar-refractivity contribution in [3.63, 3.8) is 0 Å². The SMILES string of the molecule is CCOc1ccc(C(=O)CO)cc1C. The van der Waals surface area contributed by atoms with E-state index in [-0.39, 0.29) is 5.78 Å². The lowest BCUT2D eigenvalue weighted by Gasteiger charge is -2.07. The predicted octanol–water partition coefficient (Wildman–Crippen LogP) is 1.57. The molecule has 1 aromatic rings. The minimum absolute atomic E-state index is 0.267. The molecule has 0 spiro atoms. The Morgan fingerprint density at radius 2 is 2.21 bits per heavy atom. The van der Waals surface area contributed by atoms with Gasteiger partial charge in [0.15, 0.2) is 5.78 Å². The Morgan fingerprint density at radius 1 is 1.50 bits per heavy atom. The molecule has 1 aromatic carbocycles. The molecule has 0 radical (unpaired) electrons. The first kappa shape index (κ1) is 10.7. The highest BCUT2D eigenvalue weighted by molar-refractivity contribution is 5.97. The maximum Gasteiger partial charge on any atom is 0.188 e. The van der Waals surface area contributed by atoms with Crippen molar-refractivity contribution >= 4 is 5.78 Å². The van der Waals surface area contributed by atoms with Gasteiger partial charge in [-0.2, -0.15) is 0 Å². The monoisotopic (exact) mass is 194 g/mol. The van der Waals surface area contributed by atoms with Crippen LogP contribution in [0.2, 0.25) is 0 Å². The third-order valence-corrected chi connectivity index (χ3v) is 1.94. The number of Topliss-reactive ketones (excluding diaryl/α,β-unsaturated/α-hetero) is 1. The number of hydrogen-bond acceptors (Lipinski definition) is 3. The van der Waals surface area contributed by atoms with Gasteiger partial charge in [-0.1, -0.05) is 0 Å². The number of ether oxygens (including phenoxy) is 1. The Morgan fingerprint density at radius 3 is 2.71 bits per heavy atom. The number of aryl methyl sites for hydroxylation is 1. The number of benzene rings is 1. The van der Waals surface area contributed by atoms with Crippen LogP contribution in [0.4, 0.5) is 0 Å². The molecule has 14 heavy (non-hydrogen) atoms. The molecule has 3 nitrogen and oxygen atoms in total. The fourth-order valence-electron chi connectivity index (χ4n) is 1.23.